The van der Waals surface area contributed by atoms with Crippen LogP contribution in [-0.2, 0) is 4.79 Å². The van der Waals surface area contributed by atoms with Crippen molar-refractivity contribution in [1.82, 2.24) is 15.2 Å². The van der Waals surface area contributed by atoms with Gasteiger partial charge in [-0.15, -0.1) is 0 Å². The quantitative estimate of drug-likeness (QED) is 0.390. The highest BCUT2D eigenvalue weighted by atomic mass is 32.2. The van der Waals surface area contributed by atoms with E-state index in [0.29, 0.717) is 5.16 Å². The molecule has 0 saturated carbocycles. The van der Waals surface area contributed by atoms with Crippen LogP contribution in [0.4, 0.5) is 11.4 Å². The fraction of sp³-hybridized carbons (Fsp3) is 0.118. The van der Waals surface area contributed by atoms with Crippen molar-refractivity contribution in [2.75, 3.05) is 5.32 Å². The molecule has 9 heteroatoms. The maximum absolute atomic E-state index is 12.9. The first kappa shape index (κ1) is 17.6. The van der Waals surface area contributed by atoms with E-state index in [4.69, 9.17) is 0 Å². The molecule has 8 nitrogen and oxygen atoms in total. The summed E-state index contributed by atoms with van der Waals surface area (Å²) in [6.07, 6.45) is 1.35. The van der Waals surface area contributed by atoms with Crippen LogP contribution in [0.2, 0.25) is 0 Å². The van der Waals surface area contributed by atoms with Crippen molar-refractivity contribution in [2.45, 2.75) is 17.3 Å². The van der Waals surface area contributed by atoms with Gasteiger partial charge in [-0.2, -0.15) is 5.10 Å². The van der Waals surface area contributed by atoms with Crippen molar-refractivity contribution in [3.8, 4) is 0 Å². The lowest BCUT2D eigenvalue weighted by Gasteiger charge is -2.16. The Bertz CT molecular complexity index is 915. The van der Waals surface area contributed by atoms with E-state index in [1.165, 1.54) is 30.2 Å². The molecule has 2 N–H and O–H groups in total. The van der Waals surface area contributed by atoms with E-state index in [1.807, 2.05) is 30.3 Å². The number of aromatic amines is 1. The number of rotatable bonds is 6. The number of benzene rings is 2. The van der Waals surface area contributed by atoms with Crippen LogP contribution < -0.4 is 5.32 Å². The minimum absolute atomic E-state index is 0.144. The maximum atomic E-state index is 12.9. The highest BCUT2D eigenvalue weighted by Crippen LogP contribution is 2.35. The van der Waals surface area contributed by atoms with Crippen molar-refractivity contribution in [2.24, 2.45) is 0 Å². The number of nitro groups is 1. The summed E-state index contributed by atoms with van der Waals surface area (Å²) in [7, 11) is 0. The van der Waals surface area contributed by atoms with Crippen LogP contribution in [-0.4, -0.2) is 26.0 Å². The van der Waals surface area contributed by atoms with Gasteiger partial charge in [0, 0.05) is 6.07 Å². The molecule has 2 aromatic carbocycles. The zero-order valence-corrected chi connectivity index (χ0v) is 14.6. The molecule has 0 unspecified atom stereocenters. The maximum Gasteiger partial charge on any atom is 0.293 e. The molecule has 0 aliphatic rings. The molecule has 0 spiro atoms. The fourth-order valence-electron chi connectivity index (χ4n) is 2.36. The molecule has 26 heavy (non-hydrogen) atoms. The van der Waals surface area contributed by atoms with Crippen LogP contribution in [0.25, 0.3) is 0 Å². The second-order valence-corrected chi connectivity index (χ2v) is 6.56. The van der Waals surface area contributed by atoms with Gasteiger partial charge in [-0.25, -0.2) is 4.98 Å². The number of nitrogens with one attached hydrogen (secondary N) is 2. The lowest BCUT2D eigenvalue weighted by atomic mass is 10.1. The molecule has 3 rings (SSSR count). The largest absolute Gasteiger partial charge is 0.319 e. The summed E-state index contributed by atoms with van der Waals surface area (Å²) in [5.41, 5.74) is 1.51. The molecule has 0 bridgehead atoms. The highest BCUT2D eigenvalue weighted by Gasteiger charge is 2.25. The summed E-state index contributed by atoms with van der Waals surface area (Å²) in [4.78, 5) is 27.7. The third kappa shape index (κ3) is 4.06. The predicted octanol–water partition coefficient (Wildman–Crippen LogP) is 3.49. The third-order valence-corrected chi connectivity index (χ3v) is 4.71. The van der Waals surface area contributed by atoms with Crippen LogP contribution in [0.15, 0.2) is 60.0 Å². The lowest BCUT2D eigenvalue weighted by molar-refractivity contribution is -0.384. The van der Waals surface area contributed by atoms with E-state index in [2.05, 4.69) is 20.5 Å². The van der Waals surface area contributed by atoms with Gasteiger partial charge in [0.1, 0.15) is 17.3 Å². The summed E-state index contributed by atoms with van der Waals surface area (Å²) in [6, 6.07) is 13.8. The number of H-pyrrole nitrogens is 1. The number of hydrogen-bond donors (Lipinski definition) is 2. The topological polar surface area (TPSA) is 114 Å². The molecule has 1 amide bonds. The number of nitrogens with zero attached hydrogens (tertiary/aromatic N) is 3. The number of anilines is 1. The Morgan fingerprint density at radius 3 is 2.69 bits per heavy atom. The first-order chi connectivity index (χ1) is 12.5. The van der Waals surface area contributed by atoms with Gasteiger partial charge < -0.3 is 5.32 Å². The number of nitro benzene ring substituents is 1. The Kier molecular flexibility index (Phi) is 5.28. The number of carbonyl (C=O) groups excluding carboxylic acids is 1. The zero-order chi connectivity index (χ0) is 18.5. The number of aryl methyl sites for hydroxylation is 1. The second-order valence-electron chi connectivity index (χ2n) is 5.47. The number of aromatic nitrogens is 3. The van der Waals surface area contributed by atoms with Gasteiger partial charge in [-0.3, -0.25) is 20.0 Å². The summed E-state index contributed by atoms with van der Waals surface area (Å²) < 4.78 is 0. The summed E-state index contributed by atoms with van der Waals surface area (Å²) in [5.74, 6) is -0.385. The number of carbonyl (C=O) groups is 1. The van der Waals surface area contributed by atoms with E-state index in [0.717, 1.165) is 11.1 Å². The SMILES string of the molecule is Cc1ccc(NC(=O)[C@@H](Sc2ncn[nH]2)c2ccccc2)c([N+](=O)[O-])c1. The molecule has 132 valence electrons. The minimum atomic E-state index is -0.648. The Morgan fingerprint density at radius 1 is 1.27 bits per heavy atom. The molecular formula is C17H15N5O3S. The summed E-state index contributed by atoms with van der Waals surface area (Å²) >= 11 is 1.18. The van der Waals surface area contributed by atoms with Gasteiger partial charge >= 0.3 is 0 Å². The zero-order valence-electron chi connectivity index (χ0n) is 13.7. The molecular weight excluding hydrogens is 354 g/mol. The van der Waals surface area contributed by atoms with E-state index in [-0.39, 0.29) is 17.3 Å². The first-order valence-electron chi connectivity index (χ1n) is 7.67. The first-order valence-corrected chi connectivity index (χ1v) is 8.55. The Labute approximate surface area is 153 Å². The summed E-state index contributed by atoms with van der Waals surface area (Å²) in [6.45, 7) is 1.76. The van der Waals surface area contributed by atoms with Crippen LogP contribution in [0, 0.1) is 17.0 Å². The predicted molar refractivity (Wildman–Crippen MR) is 97.9 cm³/mol. The second kappa shape index (κ2) is 7.79. The van der Waals surface area contributed by atoms with Gasteiger partial charge in [-0.05, 0) is 24.1 Å². The molecule has 0 saturated heterocycles. The van der Waals surface area contributed by atoms with Gasteiger partial charge in [0.15, 0.2) is 5.16 Å². The van der Waals surface area contributed by atoms with Crippen molar-refractivity contribution in [3.05, 3.63) is 76.1 Å². The number of thioether (sulfide) groups is 1. The smallest absolute Gasteiger partial charge is 0.293 e. The highest BCUT2D eigenvalue weighted by molar-refractivity contribution is 8.00. The molecule has 1 heterocycles. The number of amides is 1. The number of hydrogen-bond acceptors (Lipinski definition) is 6. The molecule has 1 aromatic heterocycles. The summed E-state index contributed by atoms with van der Waals surface area (Å²) in [5, 5.41) is 20.3. The van der Waals surface area contributed by atoms with Crippen LogP contribution in [0.3, 0.4) is 0 Å². The monoisotopic (exact) mass is 369 g/mol. The van der Waals surface area contributed by atoms with Crippen LogP contribution in [0.5, 0.6) is 0 Å². The molecule has 1 atom stereocenters. The van der Waals surface area contributed by atoms with Crippen molar-refractivity contribution >= 4 is 29.0 Å². The average molecular weight is 369 g/mol. The Hall–Kier alpha value is -3.20. The Balaban J connectivity index is 1.90. The van der Waals surface area contributed by atoms with Crippen molar-refractivity contribution in [3.63, 3.8) is 0 Å². The van der Waals surface area contributed by atoms with E-state index in [9.17, 15) is 14.9 Å². The van der Waals surface area contributed by atoms with Gasteiger partial charge in [-0.1, -0.05) is 48.2 Å². The minimum Gasteiger partial charge on any atom is -0.319 e. The van der Waals surface area contributed by atoms with Gasteiger partial charge in [0.25, 0.3) is 5.69 Å². The molecule has 0 aliphatic carbocycles. The standard InChI is InChI=1S/C17H15N5O3S/c1-11-7-8-13(14(9-11)22(24)25)20-16(23)15(12-5-3-2-4-6-12)26-17-18-10-19-21-17/h2-10,15H,1H3,(H,20,23)(H,18,19,21)/t15-/m0/s1. The third-order valence-electron chi connectivity index (χ3n) is 3.57. The van der Waals surface area contributed by atoms with E-state index >= 15 is 0 Å². The van der Waals surface area contributed by atoms with Crippen molar-refractivity contribution < 1.29 is 9.72 Å². The van der Waals surface area contributed by atoms with Gasteiger partial charge in [0.2, 0.25) is 5.91 Å². The van der Waals surface area contributed by atoms with Crippen LogP contribution in [0.1, 0.15) is 16.4 Å². The normalized spacial score (nSPS) is 11.7. The van der Waals surface area contributed by atoms with Crippen molar-refractivity contribution in [1.29, 1.82) is 0 Å². The molecule has 0 radical (unpaired) electrons. The Morgan fingerprint density at radius 2 is 2.04 bits per heavy atom. The average Bonchev–Trinajstić information content (AvgIpc) is 3.15. The molecule has 0 fully saturated rings. The fourth-order valence-corrected chi connectivity index (χ4v) is 3.26. The molecule has 3 aromatic rings. The van der Waals surface area contributed by atoms with E-state index in [1.54, 1.807) is 13.0 Å². The lowest BCUT2D eigenvalue weighted by Crippen LogP contribution is -2.20. The van der Waals surface area contributed by atoms with Gasteiger partial charge in [0.05, 0.1) is 4.92 Å². The van der Waals surface area contributed by atoms with E-state index < -0.39 is 10.2 Å². The molecule has 0 aliphatic heterocycles. The van der Waals surface area contributed by atoms with Crippen LogP contribution >= 0.6 is 11.8 Å².